The summed E-state index contributed by atoms with van der Waals surface area (Å²) >= 11 is 0. The quantitative estimate of drug-likeness (QED) is 0.184. The Morgan fingerprint density at radius 1 is 0.897 bits per heavy atom. The summed E-state index contributed by atoms with van der Waals surface area (Å²) in [5.41, 5.74) is 1.82. The summed E-state index contributed by atoms with van der Waals surface area (Å²) in [7, 11) is 0. The Hall–Kier alpha value is -5.06. The Balaban J connectivity index is 1.48. The Morgan fingerprint density at radius 3 is 2.36 bits per heavy atom. The lowest BCUT2D eigenvalue weighted by molar-refractivity contribution is -0.140. The molecule has 0 aliphatic carbocycles. The van der Waals surface area contributed by atoms with Gasteiger partial charge in [0.1, 0.15) is 12.1 Å². The number of pyridine rings is 1. The molecule has 11 nitrogen and oxygen atoms in total. The molecule has 2 heterocycles. The van der Waals surface area contributed by atoms with Crippen LogP contribution in [0.15, 0.2) is 77.7 Å². The highest BCUT2D eigenvalue weighted by Gasteiger charge is 2.31. The molecule has 200 valence electrons. The van der Waals surface area contributed by atoms with E-state index in [0.29, 0.717) is 11.0 Å². The Morgan fingerprint density at radius 2 is 1.64 bits per heavy atom. The lowest BCUT2D eigenvalue weighted by Crippen LogP contribution is -2.54. The van der Waals surface area contributed by atoms with Crippen molar-refractivity contribution in [1.82, 2.24) is 30.9 Å². The molecule has 0 aliphatic heterocycles. The van der Waals surface area contributed by atoms with Gasteiger partial charge in [0.15, 0.2) is 5.82 Å². The second kappa shape index (κ2) is 12.5. The number of hydrogen-bond acceptors (Lipinski definition) is 6. The van der Waals surface area contributed by atoms with E-state index in [4.69, 9.17) is 0 Å². The maximum absolute atomic E-state index is 13.2. The topological polar surface area (TPSA) is 166 Å². The molecule has 2 aromatic heterocycles. The molecule has 4 aromatic rings. The van der Waals surface area contributed by atoms with Crippen LogP contribution in [0.2, 0.25) is 0 Å². The molecule has 2 aromatic carbocycles. The molecule has 0 spiro atoms. The lowest BCUT2D eigenvalue weighted by atomic mass is 10.0. The van der Waals surface area contributed by atoms with E-state index in [2.05, 4.69) is 30.9 Å². The summed E-state index contributed by atoms with van der Waals surface area (Å²) in [6, 6.07) is 16.9. The average molecular weight is 529 g/mol. The van der Waals surface area contributed by atoms with Crippen LogP contribution in [0.5, 0.6) is 0 Å². The number of fused-ring (bicyclic) bond motifs is 1. The van der Waals surface area contributed by atoms with E-state index in [-0.39, 0.29) is 30.8 Å². The average Bonchev–Trinajstić information content (AvgIpc) is 3.40. The van der Waals surface area contributed by atoms with Crippen molar-refractivity contribution in [1.29, 1.82) is 0 Å². The highest BCUT2D eigenvalue weighted by Crippen LogP contribution is 2.11. The monoisotopic (exact) mass is 528 g/mol. The van der Waals surface area contributed by atoms with Crippen LogP contribution in [0, 0.1) is 0 Å². The Bertz CT molecular complexity index is 1510. The molecule has 0 aliphatic rings. The predicted octanol–water partition coefficient (Wildman–Crippen LogP) is 1.37. The number of H-pyrrole nitrogens is 2. The number of ketones is 1. The molecule has 0 saturated carbocycles. The number of nitrogens with one attached hydrogen (secondary N) is 5. The van der Waals surface area contributed by atoms with Crippen LogP contribution in [0.3, 0.4) is 0 Å². The minimum absolute atomic E-state index is 0.0335. The molecule has 3 amide bonds. The van der Waals surface area contributed by atoms with Crippen molar-refractivity contribution in [3.05, 3.63) is 100 Å². The SMILES string of the molecule is CCC(NC(=O)c1nc2ccccc2[nH]1)C(=O)NC(Cc1ccc[nH]c1=O)C(=O)C(=O)NCc1ccccc1. The van der Waals surface area contributed by atoms with Crippen molar-refractivity contribution >= 4 is 34.5 Å². The van der Waals surface area contributed by atoms with Gasteiger partial charge in [-0.15, -0.1) is 0 Å². The van der Waals surface area contributed by atoms with Gasteiger partial charge >= 0.3 is 0 Å². The van der Waals surface area contributed by atoms with Crippen LogP contribution < -0.4 is 21.5 Å². The van der Waals surface area contributed by atoms with Gasteiger partial charge in [-0.1, -0.05) is 55.5 Å². The number of hydrogen-bond donors (Lipinski definition) is 5. The molecule has 2 unspecified atom stereocenters. The molecule has 0 bridgehead atoms. The number of imidazole rings is 1. The zero-order chi connectivity index (χ0) is 27.8. The van der Waals surface area contributed by atoms with Gasteiger partial charge in [-0.3, -0.25) is 24.0 Å². The van der Waals surface area contributed by atoms with E-state index in [1.54, 1.807) is 61.5 Å². The zero-order valence-electron chi connectivity index (χ0n) is 21.2. The summed E-state index contributed by atoms with van der Waals surface area (Å²) in [4.78, 5) is 73.8. The van der Waals surface area contributed by atoms with Crippen LogP contribution >= 0.6 is 0 Å². The van der Waals surface area contributed by atoms with Crippen LogP contribution in [0.25, 0.3) is 11.0 Å². The molecule has 0 radical (unpaired) electrons. The fraction of sp³-hybridized carbons (Fsp3) is 0.214. The third-order valence-corrected chi connectivity index (χ3v) is 6.11. The summed E-state index contributed by atoms with van der Waals surface area (Å²) in [5.74, 6) is -3.07. The van der Waals surface area contributed by atoms with E-state index in [0.717, 1.165) is 5.56 Å². The maximum Gasteiger partial charge on any atom is 0.289 e. The first-order valence-corrected chi connectivity index (χ1v) is 12.4. The number of amides is 3. The largest absolute Gasteiger partial charge is 0.345 e. The number of Topliss-reactive ketones (excluding diaryl/α,β-unsaturated/α-hetero) is 1. The minimum Gasteiger partial charge on any atom is -0.345 e. The highest BCUT2D eigenvalue weighted by atomic mass is 16.2. The fourth-order valence-corrected chi connectivity index (χ4v) is 3.98. The second-order valence-electron chi connectivity index (χ2n) is 8.86. The molecular weight excluding hydrogens is 500 g/mol. The number of nitrogens with zero attached hydrogens (tertiary/aromatic N) is 1. The number of aromatic amines is 2. The summed E-state index contributed by atoms with van der Waals surface area (Å²) < 4.78 is 0. The standard InChI is InChI=1S/C28H28N6O5/c1-2-19(33-28(39)24-31-20-12-6-7-13-21(20)32-24)26(37)34-22(15-18-11-8-14-29-25(18)36)23(35)27(38)30-16-17-9-4-3-5-10-17/h3-14,19,22H,2,15-16H2,1H3,(H,29,36)(H,30,38)(H,31,32)(H,33,39)(H,34,37). The predicted molar refractivity (Wildman–Crippen MR) is 144 cm³/mol. The van der Waals surface area contributed by atoms with Crippen molar-refractivity contribution in [2.75, 3.05) is 0 Å². The molecule has 11 heteroatoms. The van der Waals surface area contributed by atoms with Gasteiger partial charge in [-0.25, -0.2) is 4.98 Å². The zero-order valence-corrected chi connectivity index (χ0v) is 21.2. The smallest absolute Gasteiger partial charge is 0.289 e. The van der Waals surface area contributed by atoms with E-state index < -0.39 is 41.1 Å². The van der Waals surface area contributed by atoms with Crippen molar-refractivity contribution in [3.63, 3.8) is 0 Å². The molecular formula is C28H28N6O5. The molecule has 2 atom stereocenters. The lowest BCUT2D eigenvalue weighted by Gasteiger charge is -2.21. The van der Waals surface area contributed by atoms with Gasteiger partial charge < -0.3 is 25.9 Å². The third-order valence-electron chi connectivity index (χ3n) is 6.11. The summed E-state index contributed by atoms with van der Waals surface area (Å²) in [6.07, 6.45) is 1.42. The normalized spacial score (nSPS) is 12.3. The van der Waals surface area contributed by atoms with Gasteiger partial charge in [0.2, 0.25) is 11.7 Å². The number of carbonyl (C=O) groups excluding carboxylic acids is 4. The van der Waals surface area contributed by atoms with Crippen molar-refractivity contribution in [2.24, 2.45) is 0 Å². The van der Waals surface area contributed by atoms with Crippen molar-refractivity contribution in [2.45, 2.75) is 38.4 Å². The van der Waals surface area contributed by atoms with Gasteiger partial charge in [-0.05, 0) is 30.2 Å². The first-order valence-electron chi connectivity index (χ1n) is 12.4. The van der Waals surface area contributed by atoms with Gasteiger partial charge in [0.25, 0.3) is 17.4 Å². The number of rotatable bonds is 11. The molecule has 0 fully saturated rings. The maximum atomic E-state index is 13.2. The van der Waals surface area contributed by atoms with E-state index >= 15 is 0 Å². The molecule has 0 saturated heterocycles. The number of carbonyl (C=O) groups is 4. The van der Waals surface area contributed by atoms with E-state index in [1.165, 1.54) is 12.3 Å². The number of aromatic nitrogens is 3. The summed E-state index contributed by atoms with van der Waals surface area (Å²) in [6.45, 7) is 1.80. The van der Waals surface area contributed by atoms with Crippen LogP contribution in [0.4, 0.5) is 0 Å². The highest BCUT2D eigenvalue weighted by molar-refractivity contribution is 6.38. The first-order chi connectivity index (χ1) is 18.9. The molecule has 5 N–H and O–H groups in total. The second-order valence-corrected chi connectivity index (χ2v) is 8.86. The number of benzene rings is 2. The van der Waals surface area contributed by atoms with Crippen LogP contribution in [-0.2, 0) is 27.3 Å². The first kappa shape index (κ1) is 27.0. The number of para-hydroxylation sites is 2. The van der Waals surface area contributed by atoms with Crippen LogP contribution in [-0.4, -0.2) is 50.5 Å². The van der Waals surface area contributed by atoms with Gasteiger partial charge in [0, 0.05) is 24.7 Å². The Labute approximate surface area is 223 Å². The molecule has 4 rings (SSSR count). The van der Waals surface area contributed by atoms with E-state index in [1.807, 2.05) is 6.07 Å². The van der Waals surface area contributed by atoms with Gasteiger partial charge in [-0.2, -0.15) is 0 Å². The van der Waals surface area contributed by atoms with Crippen molar-refractivity contribution in [3.8, 4) is 0 Å². The fourth-order valence-electron chi connectivity index (χ4n) is 3.98. The van der Waals surface area contributed by atoms with Gasteiger partial charge in [0.05, 0.1) is 11.0 Å². The summed E-state index contributed by atoms with van der Waals surface area (Å²) in [5, 5.41) is 7.73. The third kappa shape index (κ3) is 6.83. The molecule has 39 heavy (non-hydrogen) atoms. The van der Waals surface area contributed by atoms with Crippen molar-refractivity contribution < 1.29 is 19.2 Å². The minimum atomic E-state index is -1.34. The van der Waals surface area contributed by atoms with E-state index in [9.17, 15) is 24.0 Å². The Kier molecular flexibility index (Phi) is 8.62. The van der Waals surface area contributed by atoms with Crippen LogP contribution in [0.1, 0.15) is 35.1 Å².